The van der Waals surface area contributed by atoms with Crippen molar-refractivity contribution in [3.8, 4) is 16.9 Å². The number of piperidine rings is 1. The van der Waals surface area contributed by atoms with Gasteiger partial charge in [0.1, 0.15) is 17.7 Å². The van der Waals surface area contributed by atoms with E-state index in [4.69, 9.17) is 9.84 Å². The lowest BCUT2D eigenvalue weighted by Crippen LogP contribution is -2.53. The van der Waals surface area contributed by atoms with E-state index >= 15 is 4.39 Å². The van der Waals surface area contributed by atoms with Gasteiger partial charge in [-0.15, -0.1) is 0 Å². The lowest BCUT2D eigenvalue weighted by molar-refractivity contribution is -0.153. The summed E-state index contributed by atoms with van der Waals surface area (Å²) >= 11 is 0. The van der Waals surface area contributed by atoms with Crippen LogP contribution in [0.2, 0.25) is 0 Å². The number of hydrogen-bond donors (Lipinski definition) is 1. The minimum atomic E-state index is -4.50. The molecule has 0 radical (unpaired) electrons. The number of hydrogen-bond acceptors (Lipinski definition) is 5. The Hall–Kier alpha value is -4.48. The molecule has 1 aromatic heterocycles. The van der Waals surface area contributed by atoms with Crippen LogP contribution in [0.25, 0.3) is 11.1 Å². The van der Waals surface area contributed by atoms with Crippen molar-refractivity contribution in [1.29, 1.82) is 0 Å². The monoisotopic (exact) mass is 627 g/mol. The second-order valence-corrected chi connectivity index (χ2v) is 11.6. The number of anilines is 1. The maximum atomic E-state index is 15.4. The van der Waals surface area contributed by atoms with Gasteiger partial charge in [-0.05, 0) is 62.1 Å². The largest absolute Gasteiger partial charge is 0.489 e. The Kier molecular flexibility index (Phi) is 9.13. The number of aromatic nitrogens is 1. The number of rotatable bonds is 8. The number of halogens is 4. The second kappa shape index (κ2) is 12.9. The molecule has 2 amide bonds. The number of aryl methyl sites for hydroxylation is 1. The van der Waals surface area contributed by atoms with E-state index in [1.54, 1.807) is 56.4 Å². The fourth-order valence-corrected chi connectivity index (χ4v) is 6.07. The molecule has 1 saturated heterocycles. The highest BCUT2D eigenvalue weighted by Gasteiger charge is 2.44. The Morgan fingerprint density at radius 2 is 1.82 bits per heavy atom. The molecule has 8 nitrogen and oxygen atoms in total. The van der Waals surface area contributed by atoms with Gasteiger partial charge in [0.25, 0.3) is 5.91 Å². The molecule has 0 saturated carbocycles. The number of amides is 2. The first-order chi connectivity index (χ1) is 21.3. The van der Waals surface area contributed by atoms with E-state index in [2.05, 4.69) is 4.98 Å². The molecule has 0 bridgehead atoms. The second-order valence-electron chi connectivity index (χ2n) is 11.6. The molecule has 1 unspecified atom stereocenters. The van der Waals surface area contributed by atoms with Crippen LogP contribution in [0.4, 0.5) is 23.2 Å². The number of ether oxygens (including phenoxy) is 1. The number of para-hydroxylation sites is 1. The lowest BCUT2D eigenvalue weighted by atomic mass is 9.89. The van der Waals surface area contributed by atoms with Crippen LogP contribution in [-0.2, 0) is 16.0 Å². The molecule has 12 heteroatoms. The van der Waals surface area contributed by atoms with Gasteiger partial charge in [-0.2, -0.15) is 13.2 Å². The Balaban J connectivity index is 1.30. The SMILES string of the molecule is Cc1cnc2c(c1)N(C1CCN(C(=O)c3ccc(-c4ccccc4O[C@H](C)CC(=O)O)cc3F)CC1)C(=O)C(CC(F)(F)F)C2. The fourth-order valence-electron chi connectivity index (χ4n) is 6.07. The number of alkyl halides is 3. The molecule has 2 aliphatic rings. The number of carbonyl (C=O) groups excluding carboxylic acids is 2. The van der Waals surface area contributed by atoms with Crippen LogP contribution in [0.1, 0.15) is 54.2 Å². The zero-order valence-corrected chi connectivity index (χ0v) is 24.8. The standard InChI is InChI=1S/C33H33F4N3O5/c1-19-13-28-27(38-18-19)16-22(17-33(35,36)37)31(43)40(28)23-9-11-39(12-10-23)32(44)25-8-7-21(15-26(25)34)24-5-3-4-6-29(24)45-20(2)14-30(41)42/h3-8,13,15,18,20,22-23H,9-12,14,16-17H2,1-2H3,(H,41,42)/t20-,22?/m1/s1. The van der Waals surface area contributed by atoms with Crippen LogP contribution >= 0.6 is 0 Å². The van der Waals surface area contributed by atoms with Gasteiger partial charge < -0.3 is 19.6 Å². The van der Waals surface area contributed by atoms with Gasteiger partial charge in [0.05, 0.1) is 35.7 Å². The van der Waals surface area contributed by atoms with Crippen molar-refractivity contribution in [3.05, 3.63) is 77.4 Å². The van der Waals surface area contributed by atoms with Crippen LogP contribution < -0.4 is 9.64 Å². The third-order valence-electron chi connectivity index (χ3n) is 8.15. The van der Waals surface area contributed by atoms with Crippen LogP contribution in [0.15, 0.2) is 54.7 Å². The molecule has 3 heterocycles. The van der Waals surface area contributed by atoms with E-state index in [9.17, 15) is 27.6 Å². The van der Waals surface area contributed by atoms with Crippen LogP contribution in [0.3, 0.4) is 0 Å². The van der Waals surface area contributed by atoms with E-state index in [0.717, 1.165) is 5.56 Å². The summed E-state index contributed by atoms with van der Waals surface area (Å²) in [6, 6.07) is 12.3. The topological polar surface area (TPSA) is 100 Å². The summed E-state index contributed by atoms with van der Waals surface area (Å²) in [4.78, 5) is 45.0. The molecule has 3 aromatic rings. The molecule has 238 valence electrons. The third-order valence-corrected chi connectivity index (χ3v) is 8.15. The fraction of sp³-hybridized carbons (Fsp3) is 0.394. The Morgan fingerprint density at radius 3 is 2.49 bits per heavy atom. The average Bonchev–Trinajstić information content (AvgIpc) is 2.97. The number of carboxylic acid groups (broad SMARTS) is 1. The molecule has 1 fully saturated rings. The van der Waals surface area contributed by atoms with Crippen molar-refractivity contribution < 1.29 is 41.8 Å². The highest BCUT2D eigenvalue weighted by Crippen LogP contribution is 2.39. The number of nitrogens with zero attached hydrogens (tertiary/aromatic N) is 3. The summed E-state index contributed by atoms with van der Waals surface area (Å²) in [5.41, 5.74) is 2.56. The molecule has 0 spiro atoms. The molecule has 1 N–H and O–H groups in total. The van der Waals surface area contributed by atoms with Gasteiger partial charge in [-0.1, -0.05) is 24.3 Å². The summed E-state index contributed by atoms with van der Waals surface area (Å²) in [6.45, 7) is 3.79. The Morgan fingerprint density at radius 1 is 1.11 bits per heavy atom. The number of carbonyl (C=O) groups is 3. The minimum absolute atomic E-state index is 0.0883. The molecular weight excluding hydrogens is 594 g/mol. The first kappa shape index (κ1) is 31.9. The van der Waals surface area contributed by atoms with Gasteiger partial charge in [-0.25, -0.2) is 4.39 Å². The third kappa shape index (κ3) is 7.26. The summed E-state index contributed by atoms with van der Waals surface area (Å²) in [5.74, 6) is -3.78. The maximum absolute atomic E-state index is 15.4. The Labute approximate surface area is 257 Å². The molecular formula is C33H33F4N3O5. The highest BCUT2D eigenvalue weighted by molar-refractivity contribution is 5.99. The average molecular weight is 628 g/mol. The van der Waals surface area contributed by atoms with Crippen LogP contribution in [0.5, 0.6) is 5.75 Å². The van der Waals surface area contributed by atoms with Crippen molar-refractivity contribution in [2.45, 2.75) is 64.3 Å². The zero-order valence-electron chi connectivity index (χ0n) is 24.8. The van der Waals surface area contributed by atoms with Crippen LogP contribution in [-0.4, -0.2) is 64.2 Å². The molecule has 2 aliphatic heterocycles. The number of aliphatic carboxylic acids is 1. The van der Waals surface area contributed by atoms with E-state index in [1.807, 2.05) is 0 Å². The number of benzene rings is 2. The highest BCUT2D eigenvalue weighted by atomic mass is 19.4. The molecule has 2 atom stereocenters. The molecule has 5 rings (SSSR count). The zero-order chi connectivity index (χ0) is 32.5. The van der Waals surface area contributed by atoms with Gasteiger partial charge in [0, 0.05) is 37.3 Å². The quantitative estimate of drug-likeness (QED) is 0.299. The first-order valence-electron chi connectivity index (χ1n) is 14.7. The number of carboxylic acids is 1. The van der Waals surface area contributed by atoms with Gasteiger partial charge in [0.15, 0.2) is 0 Å². The van der Waals surface area contributed by atoms with Gasteiger partial charge >= 0.3 is 12.1 Å². The minimum Gasteiger partial charge on any atom is -0.489 e. The predicted molar refractivity (Wildman–Crippen MR) is 157 cm³/mol. The summed E-state index contributed by atoms with van der Waals surface area (Å²) in [6.07, 6.45) is -4.47. The molecule has 45 heavy (non-hydrogen) atoms. The van der Waals surface area contributed by atoms with E-state index in [1.165, 1.54) is 21.9 Å². The van der Waals surface area contributed by atoms with Gasteiger partial charge in [0.2, 0.25) is 5.91 Å². The van der Waals surface area contributed by atoms with Crippen molar-refractivity contribution in [1.82, 2.24) is 9.88 Å². The van der Waals surface area contributed by atoms with E-state index in [0.29, 0.717) is 41.1 Å². The van der Waals surface area contributed by atoms with Crippen molar-refractivity contribution in [2.24, 2.45) is 5.92 Å². The van der Waals surface area contributed by atoms with Crippen molar-refractivity contribution in [3.63, 3.8) is 0 Å². The maximum Gasteiger partial charge on any atom is 0.389 e. The lowest BCUT2D eigenvalue weighted by Gasteiger charge is -2.42. The predicted octanol–water partition coefficient (Wildman–Crippen LogP) is 6.20. The normalized spacial score (nSPS) is 18.0. The van der Waals surface area contributed by atoms with Gasteiger partial charge in [-0.3, -0.25) is 19.4 Å². The first-order valence-corrected chi connectivity index (χ1v) is 14.7. The number of pyridine rings is 1. The molecule has 2 aromatic carbocycles. The van der Waals surface area contributed by atoms with E-state index in [-0.39, 0.29) is 31.5 Å². The van der Waals surface area contributed by atoms with Crippen molar-refractivity contribution >= 4 is 23.5 Å². The van der Waals surface area contributed by atoms with Crippen LogP contribution in [0, 0.1) is 18.7 Å². The summed E-state index contributed by atoms with van der Waals surface area (Å²) in [7, 11) is 0. The number of likely N-dealkylation sites (tertiary alicyclic amines) is 1. The van der Waals surface area contributed by atoms with E-state index < -0.39 is 54.3 Å². The molecule has 0 aliphatic carbocycles. The summed E-state index contributed by atoms with van der Waals surface area (Å²) in [5, 5.41) is 9.04. The Bertz CT molecular complexity index is 1600. The smallest absolute Gasteiger partial charge is 0.389 e. The summed E-state index contributed by atoms with van der Waals surface area (Å²) < 4.78 is 61.1. The van der Waals surface area contributed by atoms with Crippen molar-refractivity contribution in [2.75, 3.05) is 18.0 Å². The number of fused-ring (bicyclic) bond motifs is 1.